The zero-order chi connectivity index (χ0) is 9.61. The van der Waals surface area contributed by atoms with Crippen molar-refractivity contribution in [2.75, 3.05) is 5.88 Å². The third-order valence-electron chi connectivity index (χ3n) is 3.29. The number of alkyl halides is 1. The fourth-order valence-corrected chi connectivity index (χ4v) is 6.26. The van der Waals surface area contributed by atoms with Crippen LogP contribution in [0.1, 0.15) is 27.7 Å². The van der Waals surface area contributed by atoms with Crippen molar-refractivity contribution in [3.63, 3.8) is 0 Å². The first-order valence-corrected chi connectivity index (χ1v) is 8.56. The van der Waals surface area contributed by atoms with Crippen LogP contribution in [0.25, 0.3) is 0 Å². The molecule has 0 aliphatic carbocycles. The van der Waals surface area contributed by atoms with Crippen LogP contribution in [0.3, 0.4) is 0 Å². The van der Waals surface area contributed by atoms with E-state index in [1.165, 1.54) is 24.2 Å². The van der Waals surface area contributed by atoms with Gasteiger partial charge in [-0.15, -0.1) is 11.6 Å². The SMILES string of the molecule is CC[Si](CC)(CC)CC(C)CCl. The van der Waals surface area contributed by atoms with E-state index in [0.29, 0.717) is 0 Å². The third-order valence-corrected chi connectivity index (χ3v) is 9.88. The molecule has 0 amide bonds. The number of hydrogen-bond donors (Lipinski definition) is 0. The van der Waals surface area contributed by atoms with Crippen molar-refractivity contribution >= 4 is 19.7 Å². The molecule has 0 saturated carbocycles. The van der Waals surface area contributed by atoms with Crippen LogP contribution in [0, 0.1) is 5.92 Å². The summed E-state index contributed by atoms with van der Waals surface area (Å²) in [6, 6.07) is 5.73. The zero-order valence-electron chi connectivity index (χ0n) is 8.99. The summed E-state index contributed by atoms with van der Waals surface area (Å²) in [7, 11) is -0.886. The molecule has 2 heteroatoms. The maximum atomic E-state index is 5.85. The summed E-state index contributed by atoms with van der Waals surface area (Å²) < 4.78 is 0. The molecule has 12 heavy (non-hydrogen) atoms. The first-order valence-electron chi connectivity index (χ1n) is 5.20. The van der Waals surface area contributed by atoms with Crippen LogP contribution in [-0.2, 0) is 0 Å². The molecule has 0 nitrogen and oxygen atoms in total. The Balaban J connectivity index is 4.09. The van der Waals surface area contributed by atoms with Crippen molar-refractivity contribution in [3.05, 3.63) is 0 Å². The number of halogens is 1. The molecule has 0 fully saturated rings. The second kappa shape index (κ2) is 6.04. The van der Waals surface area contributed by atoms with Crippen LogP contribution in [0.2, 0.25) is 24.2 Å². The Labute approximate surface area is 83.7 Å². The molecular weight excluding hydrogens is 184 g/mol. The molecule has 0 bridgehead atoms. The minimum Gasteiger partial charge on any atom is -0.126 e. The minimum absolute atomic E-state index is 0.734. The Bertz CT molecular complexity index is 102. The topological polar surface area (TPSA) is 0 Å². The van der Waals surface area contributed by atoms with E-state index in [-0.39, 0.29) is 0 Å². The van der Waals surface area contributed by atoms with Crippen LogP contribution in [0.4, 0.5) is 0 Å². The van der Waals surface area contributed by atoms with Crippen LogP contribution in [0.5, 0.6) is 0 Å². The third kappa shape index (κ3) is 3.49. The van der Waals surface area contributed by atoms with Gasteiger partial charge < -0.3 is 0 Å². The summed E-state index contributed by atoms with van der Waals surface area (Å²) in [5, 5.41) is 0. The van der Waals surface area contributed by atoms with Gasteiger partial charge in [-0.2, -0.15) is 0 Å². The highest BCUT2D eigenvalue weighted by atomic mass is 35.5. The molecule has 0 spiro atoms. The molecule has 0 N–H and O–H groups in total. The predicted octanol–water partition coefficient (Wildman–Crippen LogP) is 4.37. The van der Waals surface area contributed by atoms with E-state index in [1.807, 2.05) is 0 Å². The lowest BCUT2D eigenvalue weighted by Gasteiger charge is -2.30. The number of hydrogen-bond acceptors (Lipinski definition) is 0. The molecule has 0 radical (unpaired) electrons. The van der Waals surface area contributed by atoms with Gasteiger partial charge in [0.15, 0.2) is 0 Å². The van der Waals surface area contributed by atoms with Crippen LogP contribution < -0.4 is 0 Å². The van der Waals surface area contributed by atoms with Gasteiger partial charge in [-0.1, -0.05) is 51.9 Å². The van der Waals surface area contributed by atoms with E-state index < -0.39 is 8.07 Å². The Morgan fingerprint density at radius 3 is 1.75 bits per heavy atom. The Morgan fingerprint density at radius 2 is 1.50 bits per heavy atom. The Kier molecular flexibility index (Phi) is 6.29. The lowest BCUT2D eigenvalue weighted by molar-refractivity contribution is 0.718. The summed E-state index contributed by atoms with van der Waals surface area (Å²) in [6.07, 6.45) is 0. The molecule has 0 aromatic carbocycles. The normalized spacial score (nSPS) is 14.8. The summed E-state index contributed by atoms with van der Waals surface area (Å²) >= 11 is 5.85. The fourth-order valence-electron chi connectivity index (χ4n) is 1.98. The quantitative estimate of drug-likeness (QED) is 0.447. The summed E-state index contributed by atoms with van der Waals surface area (Å²) in [6.45, 7) is 9.37. The second-order valence-corrected chi connectivity index (χ2v) is 9.86. The van der Waals surface area contributed by atoms with Gasteiger partial charge in [-0.3, -0.25) is 0 Å². The van der Waals surface area contributed by atoms with Crippen molar-refractivity contribution in [2.24, 2.45) is 5.92 Å². The zero-order valence-corrected chi connectivity index (χ0v) is 10.7. The van der Waals surface area contributed by atoms with Gasteiger partial charge >= 0.3 is 0 Å². The maximum absolute atomic E-state index is 5.85. The van der Waals surface area contributed by atoms with Gasteiger partial charge in [-0.05, 0) is 5.92 Å². The molecular formula is C10H23ClSi. The lowest BCUT2D eigenvalue weighted by atomic mass is 10.3. The van der Waals surface area contributed by atoms with E-state index in [9.17, 15) is 0 Å². The molecule has 0 aromatic rings. The molecule has 1 unspecified atom stereocenters. The van der Waals surface area contributed by atoms with Crippen molar-refractivity contribution in [1.82, 2.24) is 0 Å². The second-order valence-electron chi connectivity index (χ2n) is 4.02. The smallest absolute Gasteiger partial charge is 0.0530 e. The maximum Gasteiger partial charge on any atom is 0.0530 e. The average Bonchev–Trinajstić information content (AvgIpc) is 2.14. The molecule has 74 valence electrons. The average molecular weight is 207 g/mol. The van der Waals surface area contributed by atoms with Crippen LogP contribution >= 0.6 is 11.6 Å². The Morgan fingerprint density at radius 1 is 1.08 bits per heavy atom. The van der Waals surface area contributed by atoms with E-state index in [2.05, 4.69) is 27.7 Å². The van der Waals surface area contributed by atoms with Crippen molar-refractivity contribution in [1.29, 1.82) is 0 Å². The monoisotopic (exact) mass is 206 g/mol. The summed E-state index contributed by atoms with van der Waals surface area (Å²) in [4.78, 5) is 0. The van der Waals surface area contributed by atoms with Crippen molar-refractivity contribution < 1.29 is 0 Å². The summed E-state index contributed by atoms with van der Waals surface area (Å²) in [5.74, 6) is 1.58. The first kappa shape index (κ1) is 12.5. The largest absolute Gasteiger partial charge is 0.126 e. The standard InChI is InChI=1S/C10H23ClSi/c1-5-12(6-2,7-3)9-10(4)8-11/h10H,5-9H2,1-4H3. The number of rotatable bonds is 6. The summed E-state index contributed by atoms with van der Waals surface area (Å²) in [5.41, 5.74) is 0. The van der Waals surface area contributed by atoms with Gasteiger partial charge in [0.25, 0.3) is 0 Å². The van der Waals surface area contributed by atoms with Crippen LogP contribution in [0.15, 0.2) is 0 Å². The molecule has 0 heterocycles. The highest BCUT2D eigenvalue weighted by Crippen LogP contribution is 2.29. The van der Waals surface area contributed by atoms with E-state index in [0.717, 1.165) is 11.8 Å². The highest BCUT2D eigenvalue weighted by Gasteiger charge is 2.27. The Hall–Kier alpha value is 0.507. The van der Waals surface area contributed by atoms with Gasteiger partial charge in [0.2, 0.25) is 0 Å². The molecule has 0 aliphatic rings. The molecule has 1 atom stereocenters. The van der Waals surface area contributed by atoms with Gasteiger partial charge in [0, 0.05) is 5.88 Å². The molecule has 0 rings (SSSR count). The lowest BCUT2D eigenvalue weighted by Crippen LogP contribution is -2.33. The van der Waals surface area contributed by atoms with E-state index in [1.54, 1.807) is 0 Å². The van der Waals surface area contributed by atoms with Gasteiger partial charge in [0.05, 0.1) is 8.07 Å². The van der Waals surface area contributed by atoms with Gasteiger partial charge in [-0.25, -0.2) is 0 Å². The van der Waals surface area contributed by atoms with Gasteiger partial charge in [0.1, 0.15) is 0 Å². The molecule has 0 saturated heterocycles. The molecule has 0 aromatic heterocycles. The van der Waals surface area contributed by atoms with Crippen molar-refractivity contribution in [3.8, 4) is 0 Å². The van der Waals surface area contributed by atoms with Crippen molar-refractivity contribution in [2.45, 2.75) is 51.9 Å². The first-order chi connectivity index (χ1) is 5.64. The highest BCUT2D eigenvalue weighted by molar-refractivity contribution is 6.79. The van der Waals surface area contributed by atoms with Crippen LogP contribution in [-0.4, -0.2) is 14.0 Å². The fraction of sp³-hybridized carbons (Fsp3) is 1.00. The van der Waals surface area contributed by atoms with E-state index >= 15 is 0 Å². The minimum atomic E-state index is -0.886. The van der Waals surface area contributed by atoms with E-state index in [4.69, 9.17) is 11.6 Å². The predicted molar refractivity (Wildman–Crippen MR) is 61.9 cm³/mol. The molecule has 0 aliphatic heterocycles.